The van der Waals surface area contributed by atoms with Gasteiger partial charge in [0.1, 0.15) is 18.4 Å². The molecule has 10 amide bonds. The van der Waals surface area contributed by atoms with Crippen LogP contribution in [0.25, 0.3) is 0 Å². The summed E-state index contributed by atoms with van der Waals surface area (Å²) in [5.74, 6) is -3.87. The number of carboxylic acids is 1. The van der Waals surface area contributed by atoms with Crippen molar-refractivity contribution in [2.24, 2.45) is 0 Å². The monoisotopic (exact) mass is 1150 g/mol. The first kappa shape index (κ1) is 64.2. The van der Waals surface area contributed by atoms with E-state index in [4.69, 9.17) is 30.5 Å². The maximum Gasteiger partial charge on any atom is 0.409 e. The van der Waals surface area contributed by atoms with Crippen molar-refractivity contribution >= 4 is 76.7 Å². The molecular weight excluding hydrogens is 1080 g/mol. The van der Waals surface area contributed by atoms with E-state index in [9.17, 15) is 58.2 Å². The molecule has 440 valence electrons. The summed E-state index contributed by atoms with van der Waals surface area (Å²) in [5.41, 5.74) is 3.53. The molecule has 24 nitrogen and oxygen atoms in total. The number of aliphatic hydroxyl groups excluding tert-OH is 1. The van der Waals surface area contributed by atoms with Gasteiger partial charge in [-0.3, -0.25) is 43.8 Å². The Bertz CT molecular complexity index is 2760. The number of piperidine rings is 1. The van der Waals surface area contributed by atoms with Crippen molar-refractivity contribution in [2.45, 2.75) is 136 Å². The molecule has 3 aromatic carbocycles. The van der Waals surface area contributed by atoms with Crippen LogP contribution < -0.4 is 31.3 Å². The molecule has 81 heavy (non-hydrogen) atoms. The van der Waals surface area contributed by atoms with E-state index in [1.54, 1.807) is 49.4 Å². The molecule has 25 heteroatoms. The number of nitrogens with zero attached hydrogens (tertiary/aromatic N) is 3. The highest BCUT2D eigenvalue weighted by Crippen LogP contribution is 2.30. The molecule has 3 aromatic rings. The summed E-state index contributed by atoms with van der Waals surface area (Å²) < 4.78 is 22.7. The predicted molar refractivity (Wildman–Crippen MR) is 294 cm³/mol. The number of fused-ring (bicyclic) bond motifs is 1. The zero-order valence-corrected chi connectivity index (χ0v) is 47.0. The van der Waals surface area contributed by atoms with Crippen LogP contribution in [0.1, 0.15) is 128 Å². The van der Waals surface area contributed by atoms with Crippen molar-refractivity contribution in [3.63, 3.8) is 0 Å². The molecular formula is C56H73ClN8O16. The second kappa shape index (κ2) is 31.9. The van der Waals surface area contributed by atoms with Gasteiger partial charge in [0, 0.05) is 102 Å². The molecule has 7 N–H and O–H groups in total. The van der Waals surface area contributed by atoms with Crippen molar-refractivity contribution in [3.8, 4) is 5.75 Å². The van der Waals surface area contributed by atoms with Crippen LogP contribution in [0.5, 0.6) is 5.75 Å². The highest BCUT2D eigenvalue weighted by Gasteiger charge is 2.39. The van der Waals surface area contributed by atoms with Crippen molar-refractivity contribution in [2.75, 3.05) is 51.8 Å². The van der Waals surface area contributed by atoms with Gasteiger partial charge >= 0.3 is 18.1 Å². The number of amides is 10. The van der Waals surface area contributed by atoms with Crippen LogP contribution in [0.2, 0.25) is 5.02 Å². The van der Waals surface area contributed by atoms with Gasteiger partial charge in [-0.15, -0.1) is 0 Å². The Hall–Kier alpha value is -7.67. The summed E-state index contributed by atoms with van der Waals surface area (Å²) in [7, 11) is 1.52. The normalized spacial score (nSPS) is 17.3. The fourth-order valence-electron chi connectivity index (χ4n) is 8.88. The van der Waals surface area contributed by atoms with E-state index in [1.165, 1.54) is 40.8 Å². The Labute approximate surface area is 474 Å². The first-order valence-electron chi connectivity index (χ1n) is 27.1. The molecule has 2 fully saturated rings. The molecule has 4 atom stereocenters. The van der Waals surface area contributed by atoms with Crippen LogP contribution >= 0.6 is 11.6 Å². The van der Waals surface area contributed by atoms with E-state index < -0.39 is 54.4 Å². The van der Waals surface area contributed by atoms with Crippen LogP contribution in [0.3, 0.4) is 0 Å². The minimum Gasteiger partial charge on any atom is -0.479 e. The number of halogens is 1. The topological polar surface area (TPSA) is 318 Å². The molecule has 0 saturated carbocycles. The number of carbonyl (C=O) groups is 10. The third kappa shape index (κ3) is 19.5. The number of likely N-dealkylation sites (N-methyl/N-ethyl adjacent to an activating group) is 1. The molecule has 3 heterocycles. The van der Waals surface area contributed by atoms with Gasteiger partial charge in [0.05, 0.1) is 24.9 Å². The van der Waals surface area contributed by atoms with Gasteiger partial charge in [-0.05, 0) is 78.3 Å². The number of aliphatic carboxylic acids is 1. The number of carboxylic acid groups (broad SMARTS) is 1. The number of benzene rings is 3. The van der Waals surface area contributed by atoms with Crippen LogP contribution in [0.15, 0.2) is 54.6 Å². The molecule has 0 aromatic heterocycles. The van der Waals surface area contributed by atoms with Gasteiger partial charge in [0.15, 0.2) is 6.10 Å². The lowest BCUT2D eigenvalue weighted by Gasteiger charge is -2.31. The fraction of sp³-hybridized carbons (Fsp3) is 0.500. The molecule has 0 bridgehead atoms. The average Bonchev–Trinajstić information content (AvgIpc) is 3.98. The minimum absolute atomic E-state index is 0.00371. The summed E-state index contributed by atoms with van der Waals surface area (Å²) in [5, 5.41) is 33.5. The number of urea groups is 1. The molecule has 3 aliphatic rings. The Morgan fingerprint density at radius 3 is 2.36 bits per heavy atom. The van der Waals surface area contributed by atoms with Gasteiger partial charge in [0.2, 0.25) is 35.8 Å². The Balaban J connectivity index is 0.00000595. The molecule has 0 aliphatic carbocycles. The van der Waals surface area contributed by atoms with E-state index in [0.717, 1.165) is 16.7 Å². The first-order valence-corrected chi connectivity index (χ1v) is 27.4. The van der Waals surface area contributed by atoms with Crippen LogP contribution in [0.4, 0.5) is 15.3 Å². The quantitative estimate of drug-likeness (QED) is 0.0419. The van der Waals surface area contributed by atoms with Crippen molar-refractivity contribution < 1.29 is 77.1 Å². The Morgan fingerprint density at radius 1 is 0.889 bits per heavy atom. The number of hydrogen-bond acceptors (Lipinski definition) is 15. The largest absolute Gasteiger partial charge is 0.479 e. The van der Waals surface area contributed by atoms with Crippen molar-refractivity contribution in [3.05, 3.63) is 93.0 Å². The second-order valence-electron chi connectivity index (χ2n) is 19.1. The average molecular weight is 1150 g/mol. The Morgan fingerprint density at radius 2 is 1.64 bits per heavy atom. The lowest BCUT2D eigenvalue weighted by atomic mass is 10.0. The number of nitrogens with one attached hydrogen (secondary N) is 5. The number of anilines is 1. The summed E-state index contributed by atoms with van der Waals surface area (Å²) in [6.07, 6.45) is -1.51. The summed E-state index contributed by atoms with van der Waals surface area (Å²) in [6.45, 7) is 8.10. The van der Waals surface area contributed by atoms with Gasteiger partial charge in [-0.25, -0.2) is 14.4 Å². The Kier molecular flexibility index (Phi) is 25.3. The standard InChI is InChI=1S/C54H67ClN8O16.C2H6/c1-4-47(68)62(32(2)64)20-7-5-6-8-45(66)56-18-19-57-49(69)40-25-34(10-15-43(40)78-48-28-38(65)27-44(79-48)52(72)73)31-77-54(75)61(3)21-23-76-22-17-35-11-12-37(26-41(35)55)59-53(74)58-29-33-9-13-39-36(24-33)30-63(51(39)71)42-14-16-46(67)60-50(42)70;1-2/h9-13,15,24-26,38,42,44,48,65H,4-8,14,16-23,27-31H2,1-3H3,(H,56,66)(H,57,69)(H,72,73)(H2,58,59,74)(H,60,67,70);1-2H3. The maximum atomic E-state index is 13.6. The third-order valence-corrected chi connectivity index (χ3v) is 13.6. The highest BCUT2D eigenvalue weighted by molar-refractivity contribution is 6.31. The number of rotatable bonds is 26. The van der Waals surface area contributed by atoms with E-state index in [2.05, 4.69) is 26.6 Å². The van der Waals surface area contributed by atoms with E-state index in [-0.39, 0.29) is 138 Å². The molecule has 0 radical (unpaired) electrons. The van der Waals surface area contributed by atoms with Gasteiger partial charge in [0.25, 0.3) is 11.8 Å². The van der Waals surface area contributed by atoms with Crippen LogP contribution in [0, 0.1) is 0 Å². The molecule has 0 spiro atoms. The molecule has 4 unspecified atom stereocenters. The fourth-order valence-corrected chi connectivity index (χ4v) is 9.16. The van der Waals surface area contributed by atoms with E-state index >= 15 is 0 Å². The lowest BCUT2D eigenvalue weighted by molar-refractivity contribution is -0.195. The zero-order chi connectivity index (χ0) is 59.2. The van der Waals surface area contributed by atoms with E-state index in [1.807, 2.05) is 13.8 Å². The summed E-state index contributed by atoms with van der Waals surface area (Å²) in [4.78, 5) is 128. The number of hydrogen-bond donors (Lipinski definition) is 7. The lowest BCUT2D eigenvalue weighted by Crippen LogP contribution is -2.52. The van der Waals surface area contributed by atoms with Gasteiger partial charge in [-0.1, -0.05) is 63.1 Å². The first-order chi connectivity index (χ1) is 38.8. The second-order valence-corrected chi connectivity index (χ2v) is 19.6. The number of unbranched alkanes of at least 4 members (excludes halogenated alkanes) is 2. The SMILES string of the molecule is CC.CCC(=O)N(CCCCCC(=O)NCCNC(=O)c1cc(COC(=O)N(C)CCOCCc2ccc(NC(=O)NCc3ccc4c(c3)CN(C3CCC(=O)NC3=O)C4=O)cc2Cl)ccc1OC1CC(O)CC(C(=O)O)O1)C(C)=O. The van der Waals surface area contributed by atoms with E-state index in [0.29, 0.717) is 47.5 Å². The number of carbonyl (C=O) groups excluding carboxylic acids is 9. The number of ether oxygens (including phenoxy) is 4. The summed E-state index contributed by atoms with van der Waals surface area (Å²) >= 11 is 6.55. The van der Waals surface area contributed by atoms with Crippen LogP contribution in [-0.4, -0.2) is 155 Å². The molecule has 3 aliphatic heterocycles. The van der Waals surface area contributed by atoms with Crippen LogP contribution in [-0.2, 0) is 69.1 Å². The predicted octanol–water partition coefficient (Wildman–Crippen LogP) is 4.80. The minimum atomic E-state index is -1.34. The van der Waals surface area contributed by atoms with Crippen molar-refractivity contribution in [1.82, 2.24) is 36.0 Å². The smallest absolute Gasteiger partial charge is 0.409 e. The number of imide groups is 2. The van der Waals surface area contributed by atoms with Gasteiger partial charge in [-0.2, -0.15) is 0 Å². The maximum absolute atomic E-state index is 13.6. The zero-order valence-electron chi connectivity index (χ0n) is 46.3. The highest BCUT2D eigenvalue weighted by atomic mass is 35.5. The third-order valence-electron chi connectivity index (χ3n) is 13.2. The number of aliphatic hydroxyl groups is 1. The summed E-state index contributed by atoms with van der Waals surface area (Å²) in [6, 6.07) is 13.5. The van der Waals surface area contributed by atoms with Gasteiger partial charge < -0.3 is 60.2 Å². The molecule has 2 saturated heterocycles. The van der Waals surface area contributed by atoms with Crippen molar-refractivity contribution in [1.29, 1.82) is 0 Å². The molecule has 6 rings (SSSR count).